The molecule has 2 fully saturated rings. The van der Waals surface area contributed by atoms with Crippen LogP contribution in [-0.4, -0.2) is 34.1 Å². The second kappa shape index (κ2) is 4.17. The minimum absolute atomic E-state index is 0.0969. The van der Waals surface area contributed by atoms with Crippen LogP contribution in [-0.2, 0) is 0 Å². The average molecular weight is 233 g/mol. The van der Waals surface area contributed by atoms with Crippen LogP contribution >= 0.6 is 0 Å². The molecule has 1 aromatic heterocycles. The van der Waals surface area contributed by atoms with Crippen molar-refractivity contribution < 1.29 is 4.79 Å². The summed E-state index contributed by atoms with van der Waals surface area (Å²) >= 11 is 0. The molecule has 1 saturated heterocycles. The molecule has 0 bridgehead atoms. The molecule has 0 spiro atoms. The summed E-state index contributed by atoms with van der Waals surface area (Å²) < 4.78 is 0. The van der Waals surface area contributed by atoms with Crippen molar-refractivity contribution in [1.29, 1.82) is 0 Å². The Kier molecular flexibility index (Phi) is 2.65. The lowest BCUT2D eigenvalue weighted by Crippen LogP contribution is -2.39. The van der Waals surface area contributed by atoms with Gasteiger partial charge in [0, 0.05) is 24.7 Å². The van der Waals surface area contributed by atoms with Crippen molar-refractivity contribution in [3.05, 3.63) is 17.5 Å². The van der Waals surface area contributed by atoms with Gasteiger partial charge in [-0.25, -0.2) is 0 Å². The maximum absolute atomic E-state index is 12.2. The molecule has 1 unspecified atom stereocenters. The van der Waals surface area contributed by atoms with Crippen LogP contribution in [0.3, 0.4) is 0 Å². The number of H-pyrrole nitrogens is 1. The number of hydrogen-bond acceptors (Lipinski definition) is 2. The summed E-state index contributed by atoms with van der Waals surface area (Å²) in [5, 5.41) is 7.16. The molecule has 1 amide bonds. The van der Waals surface area contributed by atoms with Gasteiger partial charge in [0.15, 0.2) is 0 Å². The van der Waals surface area contributed by atoms with Gasteiger partial charge in [-0.05, 0) is 37.7 Å². The molecule has 3 rings (SSSR count). The number of carbonyl (C=O) groups excluding carboxylic acids is 1. The van der Waals surface area contributed by atoms with Crippen LogP contribution in [0.25, 0.3) is 0 Å². The fourth-order valence-corrected chi connectivity index (χ4v) is 2.59. The van der Waals surface area contributed by atoms with Crippen LogP contribution in [0.4, 0.5) is 0 Å². The lowest BCUT2D eigenvalue weighted by molar-refractivity contribution is 0.0677. The van der Waals surface area contributed by atoms with Crippen LogP contribution in [0, 0.1) is 5.92 Å². The Bertz CT molecular complexity index is 422. The topological polar surface area (TPSA) is 49.0 Å². The molecule has 2 aliphatic rings. The largest absolute Gasteiger partial charge is 0.337 e. The third-order valence-electron chi connectivity index (χ3n) is 3.78. The highest BCUT2D eigenvalue weighted by Crippen LogP contribution is 2.39. The zero-order valence-electron chi connectivity index (χ0n) is 10.3. The highest BCUT2D eigenvalue weighted by atomic mass is 16.2. The summed E-state index contributed by atoms with van der Waals surface area (Å²) in [4.78, 5) is 14.2. The Labute approximate surface area is 101 Å². The Hall–Kier alpha value is -1.32. The minimum atomic E-state index is 0.0969. The number of rotatable bonds is 2. The average Bonchev–Trinajstić information content (AvgIpc) is 3.07. The van der Waals surface area contributed by atoms with Crippen molar-refractivity contribution in [3.63, 3.8) is 0 Å². The van der Waals surface area contributed by atoms with Crippen molar-refractivity contribution in [3.8, 4) is 0 Å². The molecular weight excluding hydrogens is 214 g/mol. The molecule has 0 radical (unpaired) electrons. The van der Waals surface area contributed by atoms with E-state index in [2.05, 4.69) is 17.1 Å². The molecule has 1 saturated carbocycles. The van der Waals surface area contributed by atoms with Crippen molar-refractivity contribution in [2.45, 2.75) is 38.5 Å². The van der Waals surface area contributed by atoms with E-state index in [9.17, 15) is 4.79 Å². The third-order valence-corrected chi connectivity index (χ3v) is 3.78. The molecule has 1 aliphatic heterocycles. The molecule has 0 aromatic carbocycles. The summed E-state index contributed by atoms with van der Waals surface area (Å²) in [6.45, 7) is 3.97. The Morgan fingerprint density at radius 2 is 2.29 bits per heavy atom. The second-order valence-corrected chi connectivity index (χ2v) is 5.48. The maximum atomic E-state index is 12.2. The van der Waals surface area contributed by atoms with Gasteiger partial charge >= 0.3 is 0 Å². The Morgan fingerprint density at radius 3 is 3.00 bits per heavy atom. The number of nitrogens with one attached hydrogen (secondary N) is 1. The molecule has 4 heteroatoms. The number of carbonyl (C=O) groups is 1. The van der Waals surface area contributed by atoms with Gasteiger partial charge in [-0.2, -0.15) is 5.10 Å². The number of piperidine rings is 1. The van der Waals surface area contributed by atoms with Crippen LogP contribution in [0.2, 0.25) is 0 Å². The Balaban J connectivity index is 1.71. The van der Waals surface area contributed by atoms with Gasteiger partial charge in [-0.1, -0.05) is 6.92 Å². The molecule has 2 heterocycles. The highest BCUT2D eigenvalue weighted by molar-refractivity contribution is 5.92. The predicted octanol–water partition coefficient (Wildman–Crippen LogP) is 2.16. The molecule has 1 aliphatic carbocycles. The van der Waals surface area contributed by atoms with E-state index in [1.165, 1.54) is 19.3 Å². The first kappa shape index (κ1) is 10.8. The summed E-state index contributed by atoms with van der Waals surface area (Å²) in [5.41, 5.74) is 1.74. The van der Waals surface area contributed by atoms with Gasteiger partial charge in [0.05, 0.1) is 0 Å². The molecule has 4 nitrogen and oxygen atoms in total. The van der Waals surface area contributed by atoms with Crippen molar-refractivity contribution >= 4 is 5.91 Å². The summed E-state index contributed by atoms with van der Waals surface area (Å²) in [6.07, 6.45) is 4.82. The zero-order valence-corrected chi connectivity index (χ0v) is 10.3. The number of aromatic amines is 1. The standard InChI is InChI=1S/C13H19N3O/c1-9-3-2-6-16(8-9)13(17)12-7-11(14-15-12)10-4-5-10/h7,9-10H,2-6,8H2,1H3,(H,14,15). The maximum Gasteiger partial charge on any atom is 0.274 e. The quantitative estimate of drug-likeness (QED) is 0.851. The summed E-state index contributed by atoms with van der Waals surface area (Å²) in [7, 11) is 0. The van der Waals surface area contributed by atoms with Gasteiger partial charge in [0.25, 0.3) is 5.91 Å². The Morgan fingerprint density at radius 1 is 1.47 bits per heavy atom. The molecular formula is C13H19N3O. The van der Waals surface area contributed by atoms with E-state index in [-0.39, 0.29) is 5.91 Å². The number of likely N-dealkylation sites (tertiary alicyclic amines) is 1. The van der Waals surface area contributed by atoms with Crippen molar-refractivity contribution in [2.24, 2.45) is 5.92 Å². The first-order chi connectivity index (χ1) is 8.24. The molecule has 1 N–H and O–H groups in total. The van der Waals surface area contributed by atoms with Gasteiger partial charge < -0.3 is 4.90 Å². The van der Waals surface area contributed by atoms with Crippen LogP contribution in [0.1, 0.15) is 54.7 Å². The summed E-state index contributed by atoms with van der Waals surface area (Å²) in [6, 6.07) is 1.94. The second-order valence-electron chi connectivity index (χ2n) is 5.48. The smallest absolute Gasteiger partial charge is 0.274 e. The first-order valence-corrected chi connectivity index (χ1v) is 6.58. The minimum Gasteiger partial charge on any atom is -0.337 e. The van der Waals surface area contributed by atoms with E-state index in [0.717, 1.165) is 25.2 Å². The first-order valence-electron chi connectivity index (χ1n) is 6.58. The fourth-order valence-electron chi connectivity index (χ4n) is 2.59. The monoisotopic (exact) mass is 233 g/mol. The number of hydrogen-bond donors (Lipinski definition) is 1. The normalized spacial score (nSPS) is 25.0. The predicted molar refractivity (Wildman–Crippen MR) is 64.9 cm³/mol. The summed E-state index contributed by atoms with van der Waals surface area (Å²) in [5.74, 6) is 1.35. The SMILES string of the molecule is CC1CCCN(C(=O)c2cc(C3CC3)[nH]n2)C1. The lowest BCUT2D eigenvalue weighted by atomic mass is 10.00. The van der Waals surface area contributed by atoms with Gasteiger partial charge in [-0.15, -0.1) is 0 Å². The third kappa shape index (κ3) is 2.21. The van der Waals surface area contributed by atoms with E-state index >= 15 is 0 Å². The van der Waals surface area contributed by atoms with E-state index < -0.39 is 0 Å². The molecule has 92 valence electrons. The van der Waals surface area contributed by atoms with Gasteiger partial charge in [0.2, 0.25) is 0 Å². The number of aromatic nitrogens is 2. The highest BCUT2D eigenvalue weighted by Gasteiger charge is 2.28. The van der Waals surface area contributed by atoms with E-state index in [1.807, 2.05) is 11.0 Å². The van der Waals surface area contributed by atoms with Crippen molar-refractivity contribution in [2.75, 3.05) is 13.1 Å². The molecule has 1 atom stereocenters. The zero-order chi connectivity index (χ0) is 11.8. The number of amides is 1. The molecule has 17 heavy (non-hydrogen) atoms. The van der Waals surface area contributed by atoms with E-state index in [1.54, 1.807) is 0 Å². The van der Waals surface area contributed by atoms with Crippen LogP contribution in [0.5, 0.6) is 0 Å². The van der Waals surface area contributed by atoms with Gasteiger partial charge in [0.1, 0.15) is 5.69 Å². The van der Waals surface area contributed by atoms with Gasteiger partial charge in [-0.3, -0.25) is 9.89 Å². The molecule has 1 aromatic rings. The number of nitrogens with zero attached hydrogens (tertiary/aromatic N) is 2. The van der Waals surface area contributed by atoms with E-state index in [0.29, 0.717) is 17.5 Å². The van der Waals surface area contributed by atoms with Crippen LogP contribution < -0.4 is 0 Å². The van der Waals surface area contributed by atoms with Crippen molar-refractivity contribution in [1.82, 2.24) is 15.1 Å². The lowest BCUT2D eigenvalue weighted by Gasteiger charge is -2.30. The van der Waals surface area contributed by atoms with Crippen LogP contribution in [0.15, 0.2) is 6.07 Å². The van der Waals surface area contributed by atoms with E-state index in [4.69, 9.17) is 0 Å². The fraction of sp³-hybridized carbons (Fsp3) is 0.692.